The lowest BCUT2D eigenvalue weighted by Gasteiger charge is -2.16. The summed E-state index contributed by atoms with van der Waals surface area (Å²) in [6, 6.07) is 11.9. The predicted octanol–water partition coefficient (Wildman–Crippen LogP) is 3.89. The minimum atomic E-state index is -0.0393. The summed E-state index contributed by atoms with van der Waals surface area (Å²) in [4.78, 5) is 11.7. The number of fused-ring (bicyclic) bond motifs is 1. The topological polar surface area (TPSA) is 74.2 Å². The molecule has 0 aromatic heterocycles. The van der Waals surface area contributed by atoms with Gasteiger partial charge in [-0.1, -0.05) is 18.2 Å². The molecule has 0 radical (unpaired) electrons. The van der Waals surface area contributed by atoms with Crippen LogP contribution in [0.5, 0.6) is 5.75 Å². The summed E-state index contributed by atoms with van der Waals surface area (Å²) in [5.41, 5.74) is 4.30. The van der Waals surface area contributed by atoms with Crippen molar-refractivity contribution in [2.24, 2.45) is 0 Å². The number of ether oxygens (including phenoxy) is 1. The van der Waals surface area contributed by atoms with E-state index in [1.807, 2.05) is 36.4 Å². The van der Waals surface area contributed by atoms with E-state index in [1.165, 1.54) is 6.21 Å². The molecule has 1 aliphatic rings. The van der Waals surface area contributed by atoms with Gasteiger partial charge in [0.15, 0.2) is 5.75 Å². The maximum Gasteiger partial charge on any atom is 0.227 e. The third-order valence-electron chi connectivity index (χ3n) is 3.83. The number of rotatable bonds is 4. The van der Waals surface area contributed by atoms with Gasteiger partial charge in [-0.2, -0.15) is 0 Å². The highest BCUT2D eigenvalue weighted by molar-refractivity contribution is 5.96. The SMILES string of the molecule is CC(C)Nc1ccc(-c2cccc3c2OCCC(=O)N3)cc1C=N. The van der Waals surface area contributed by atoms with E-state index >= 15 is 0 Å². The first-order valence-electron chi connectivity index (χ1n) is 8.05. The van der Waals surface area contributed by atoms with Crippen molar-refractivity contribution in [3.05, 3.63) is 42.0 Å². The van der Waals surface area contributed by atoms with Crippen molar-refractivity contribution < 1.29 is 9.53 Å². The zero-order valence-electron chi connectivity index (χ0n) is 13.8. The number of hydrogen-bond donors (Lipinski definition) is 3. The molecule has 3 N–H and O–H groups in total. The van der Waals surface area contributed by atoms with Crippen molar-refractivity contribution in [2.45, 2.75) is 26.3 Å². The smallest absolute Gasteiger partial charge is 0.227 e. The third kappa shape index (κ3) is 3.25. The molecule has 124 valence electrons. The van der Waals surface area contributed by atoms with E-state index in [4.69, 9.17) is 10.1 Å². The molecule has 0 saturated heterocycles. The molecule has 2 aromatic carbocycles. The Morgan fingerprint density at radius 3 is 2.88 bits per heavy atom. The molecule has 1 amide bonds. The van der Waals surface area contributed by atoms with Gasteiger partial charge in [0.1, 0.15) is 0 Å². The summed E-state index contributed by atoms with van der Waals surface area (Å²) in [6.07, 6.45) is 1.69. The standard InChI is InChI=1S/C19H21N3O2/c1-12(2)21-16-7-6-13(10-14(16)11-20)15-4-3-5-17-19(15)24-9-8-18(23)22-17/h3-7,10-12,20-21H,8-9H2,1-2H3,(H,22,23). The summed E-state index contributed by atoms with van der Waals surface area (Å²) in [6.45, 7) is 4.49. The molecule has 2 aromatic rings. The lowest BCUT2D eigenvalue weighted by molar-refractivity contribution is -0.116. The summed E-state index contributed by atoms with van der Waals surface area (Å²) in [5, 5.41) is 13.9. The number of hydrogen-bond acceptors (Lipinski definition) is 4. The lowest BCUT2D eigenvalue weighted by atomic mass is 10.00. The first-order valence-corrected chi connectivity index (χ1v) is 8.05. The van der Waals surface area contributed by atoms with Crippen LogP contribution >= 0.6 is 0 Å². The summed E-state index contributed by atoms with van der Waals surface area (Å²) >= 11 is 0. The van der Waals surface area contributed by atoms with E-state index in [0.717, 1.165) is 22.4 Å². The second kappa shape index (κ2) is 6.74. The zero-order valence-corrected chi connectivity index (χ0v) is 13.8. The minimum Gasteiger partial charge on any atom is -0.490 e. The van der Waals surface area contributed by atoms with Crippen LogP contribution in [0, 0.1) is 5.41 Å². The fourth-order valence-electron chi connectivity index (χ4n) is 2.77. The molecule has 24 heavy (non-hydrogen) atoms. The fourth-order valence-corrected chi connectivity index (χ4v) is 2.77. The second-order valence-electron chi connectivity index (χ2n) is 6.07. The van der Waals surface area contributed by atoms with Gasteiger partial charge in [-0.3, -0.25) is 4.79 Å². The predicted molar refractivity (Wildman–Crippen MR) is 97.3 cm³/mol. The normalized spacial score (nSPS) is 13.5. The fraction of sp³-hybridized carbons (Fsp3) is 0.263. The Hall–Kier alpha value is -2.82. The first kappa shape index (κ1) is 16.1. The van der Waals surface area contributed by atoms with Gasteiger partial charge in [0.25, 0.3) is 0 Å². The number of nitrogens with one attached hydrogen (secondary N) is 3. The van der Waals surface area contributed by atoms with Crippen LogP contribution in [0.25, 0.3) is 11.1 Å². The van der Waals surface area contributed by atoms with E-state index in [2.05, 4.69) is 24.5 Å². The van der Waals surface area contributed by atoms with Crippen LogP contribution in [0.3, 0.4) is 0 Å². The van der Waals surface area contributed by atoms with Crippen molar-refractivity contribution in [2.75, 3.05) is 17.2 Å². The molecule has 0 bridgehead atoms. The molecule has 0 atom stereocenters. The largest absolute Gasteiger partial charge is 0.490 e. The van der Waals surface area contributed by atoms with Crippen LogP contribution in [0.15, 0.2) is 36.4 Å². The maximum absolute atomic E-state index is 11.7. The third-order valence-corrected chi connectivity index (χ3v) is 3.83. The highest BCUT2D eigenvalue weighted by Crippen LogP contribution is 2.38. The van der Waals surface area contributed by atoms with Crippen LogP contribution in [0.1, 0.15) is 25.8 Å². The van der Waals surface area contributed by atoms with Crippen molar-refractivity contribution in [1.29, 1.82) is 5.41 Å². The molecule has 5 heteroatoms. The minimum absolute atomic E-state index is 0.0393. The molecule has 5 nitrogen and oxygen atoms in total. The van der Waals surface area contributed by atoms with E-state index in [9.17, 15) is 4.79 Å². The van der Waals surface area contributed by atoms with E-state index in [1.54, 1.807) is 0 Å². The van der Waals surface area contributed by atoms with Crippen molar-refractivity contribution in [3.8, 4) is 16.9 Å². The van der Waals surface area contributed by atoms with Crippen LogP contribution < -0.4 is 15.4 Å². The molecule has 0 aliphatic carbocycles. The molecule has 3 rings (SSSR count). The van der Waals surface area contributed by atoms with Gasteiger partial charge >= 0.3 is 0 Å². The summed E-state index contributed by atoms with van der Waals surface area (Å²) in [7, 11) is 0. The number of para-hydroxylation sites is 1. The van der Waals surface area contributed by atoms with Crippen LogP contribution in [0.2, 0.25) is 0 Å². The number of carbonyl (C=O) groups excluding carboxylic acids is 1. The Morgan fingerprint density at radius 1 is 1.29 bits per heavy atom. The molecule has 0 unspecified atom stereocenters. The molecule has 1 heterocycles. The molecule has 0 saturated carbocycles. The number of carbonyl (C=O) groups is 1. The zero-order chi connectivity index (χ0) is 17.1. The van der Waals surface area contributed by atoms with Gasteiger partial charge in [0.2, 0.25) is 5.91 Å². The van der Waals surface area contributed by atoms with Crippen LogP contribution in [0.4, 0.5) is 11.4 Å². The quantitative estimate of drug-likeness (QED) is 0.747. The van der Waals surface area contributed by atoms with Gasteiger partial charge in [-0.05, 0) is 37.6 Å². The van der Waals surface area contributed by atoms with Gasteiger partial charge in [-0.25, -0.2) is 0 Å². The molecule has 0 fully saturated rings. The maximum atomic E-state index is 11.7. The average Bonchev–Trinajstić information content (AvgIpc) is 2.75. The van der Waals surface area contributed by atoms with Crippen LogP contribution in [-0.4, -0.2) is 24.8 Å². The summed E-state index contributed by atoms with van der Waals surface area (Å²) < 4.78 is 5.82. The van der Waals surface area contributed by atoms with E-state index in [-0.39, 0.29) is 5.91 Å². The van der Waals surface area contributed by atoms with Crippen molar-refractivity contribution in [3.63, 3.8) is 0 Å². The monoisotopic (exact) mass is 323 g/mol. The highest BCUT2D eigenvalue weighted by atomic mass is 16.5. The first-order chi connectivity index (χ1) is 11.6. The molecular weight excluding hydrogens is 302 g/mol. The van der Waals surface area contributed by atoms with Crippen LogP contribution in [-0.2, 0) is 4.79 Å². The van der Waals surface area contributed by atoms with Gasteiger partial charge < -0.3 is 20.8 Å². The van der Waals surface area contributed by atoms with E-state index in [0.29, 0.717) is 30.5 Å². The molecule has 1 aliphatic heterocycles. The number of amides is 1. The van der Waals surface area contributed by atoms with Crippen molar-refractivity contribution >= 4 is 23.5 Å². The van der Waals surface area contributed by atoms with Gasteiger partial charge in [0, 0.05) is 29.1 Å². The Balaban J connectivity index is 2.05. The van der Waals surface area contributed by atoms with E-state index < -0.39 is 0 Å². The molecular formula is C19H21N3O2. The lowest BCUT2D eigenvalue weighted by Crippen LogP contribution is -2.11. The highest BCUT2D eigenvalue weighted by Gasteiger charge is 2.18. The Bertz CT molecular complexity index is 784. The van der Waals surface area contributed by atoms with Gasteiger partial charge in [0.05, 0.1) is 18.7 Å². The Kier molecular flexibility index (Phi) is 4.51. The average molecular weight is 323 g/mol. The second-order valence-corrected chi connectivity index (χ2v) is 6.07. The Morgan fingerprint density at radius 2 is 2.12 bits per heavy atom. The Labute approximate surface area is 141 Å². The van der Waals surface area contributed by atoms with Crippen molar-refractivity contribution in [1.82, 2.24) is 0 Å². The number of anilines is 2. The molecule has 0 spiro atoms. The summed E-state index contributed by atoms with van der Waals surface area (Å²) in [5.74, 6) is 0.645. The van der Waals surface area contributed by atoms with Gasteiger partial charge in [-0.15, -0.1) is 0 Å². The number of benzene rings is 2.